The van der Waals surface area contributed by atoms with Gasteiger partial charge in [-0.05, 0) is 25.8 Å². The fourth-order valence-electron chi connectivity index (χ4n) is 2.65. The van der Waals surface area contributed by atoms with Crippen LogP contribution in [0, 0.1) is 15.5 Å². The van der Waals surface area contributed by atoms with Crippen LogP contribution >= 0.6 is 0 Å². The molecule has 3 N–H and O–H groups in total. The van der Waals surface area contributed by atoms with Crippen LogP contribution in [0.3, 0.4) is 0 Å². The fraction of sp³-hybridized carbons (Fsp3) is 0.500. The van der Waals surface area contributed by atoms with E-state index < -0.39 is 10.3 Å². The lowest BCUT2D eigenvalue weighted by atomic mass is 9.84. The average Bonchev–Trinajstić information content (AvgIpc) is 2.79. The van der Waals surface area contributed by atoms with Gasteiger partial charge in [0.2, 0.25) is 5.91 Å². The van der Waals surface area contributed by atoms with Gasteiger partial charge in [-0.1, -0.05) is 6.42 Å². The topological polar surface area (TPSA) is 107 Å². The van der Waals surface area contributed by atoms with Gasteiger partial charge in [0.05, 0.1) is 23.1 Å². The fourth-order valence-corrected chi connectivity index (χ4v) is 2.65. The normalized spacial score (nSPS) is 24.6. The molecule has 1 fully saturated rings. The first-order valence-electron chi connectivity index (χ1n) is 6.78. The molecule has 21 heavy (non-hydrogen) atoms. The van der Waals surface area contributed by atoms with E-state index in [2.05, 4.69) is 5.32 Å². The number of nitro groups is 1. The summed E-state index contributed by atoms with van der Waals surface area (Å²) in [6.07, 6.45) is 2.41. The molecule has 1 aromatic carbocycles. The summed E-state index contributed by atoms with van der Waals surface area (Å²) in [7, 11) is 1.44. The minimum Gasteiger partial charge on any atom is -0.495 e. The summed E-state index contributed by atoms with van der Waals surface area (Å²) < 4.78 is 5.13. The van der Waals surface area contributed by atoms with Crippen molar-refractivity contribution >= 4 is 17.3 Å². The summed E-state index contributed by atoms with van der Waals surface area (Å²) in [5.74, 6) is 0.149. The zero-order valence-corrected chi connectivity index (χ0v) is 12.1. The summed E-state index contributed by atoms with van der Waals surface area (Å²) in [6.45, 7) is 1.82. The smallest absolute Gasteiger partial charge is 0.271 e. The number of ether oxygens (including phenoxy) is 1. The Morgan fingerprint density at radius 1 is 1.57 bits per heavy atom. The van der Waals surface area contributed by atoms with E-state index in [9.17, 15) is 14.9 Å². The van der Waals surface area contributed by atoms with Crippen LogP contribution in [0.25, 0.3) is 0 Å². The lowest BCUT2D eigenvalue weighted by Crippen LogP contribution is -2.44. The standard InChI is InChI=1S/C14H19N3O4/c1-14(7-3-4-12(14)15)13(18)16-10-8-9(17(19)20)5-6-11(10)21-2/h5-6,8,12H,3-4,7,15H2,1-2H3,(H,16,18). The summed E-state index contributed by atoms with van der Waals surface area (Å²) >= 11 is 0. The number of hydrogen-bond acceptors (Lipinski definition) is 5. The second-order valence-electron chi connectivity index (χ2n) is 5.51. The zero-order chi connectivity index (χ0) is 15.6. The third kappa shape index (κ3) is 2.82. The van der Waals surface area contributed by atoms with Crippen molar-refractivity contribution in [3.8, 4) is 5.75 Å². The number of nitrogens with zero attached hydrogens (tertiary/aromatic N) is 1. The minimum absolute atomic E-state index is 0.105. The molecule has 1 aliphatic rings. The molecule has 7 nitrogen and oxygen atoms in total. The molecule has 2 unspecified atom stereocenters. The highest BCUT2D eigenvalue weighted by atomic mass is 16.6. The van der Waals surface area contributed by atoms with Crippen molar-refractivity contribution in [3.05, 3.63) is 28.3 Å². The second kappa shape index (κ2) is 5.69. The van der Waals surface area contributed by atoms with E-state index in [1.807, 2.05) is 6.92 Å². The van der Waals surface area contributed by atoms with Gasteiger partial charge in [-0.15, -0.1) is 0 Å². The predicted octanol–water partition coefficient (Wildman–Crippen LogP) is 2.06. The molecule has 2 atom stereocenters. The minimum atomic E-state index is -0.657. The van der Waals surface area contributed by atoms with E-state index in [1.165, 1.54) is 25.3 Å². The third-order valence-electron chi connectivity index (χ3n) is 4.19. The van der Waals surface area contributed by atoms with Gasteiger partial charge in [0, 0.05) is 18.2 Å². The Labute approximate surface area is 122 Å². The van der Waals surface area contributed by atoms with Crippen molar-refractivity contribution in [2.75, 3.05) is 12.4 Å². The third-order valence-corrected chi connectivity index (χ3v) is 4.19. The lowest BCUT2D eigenvalue weighted by Gasteiger charge is -2.27. The highest BCUT2D eigenvalue weighted by Gasteiger charge is 2.43. The first-order chi connectivity index (χ1) is 9.88. The molecule has 0 bridgehead atoms. The molecule has 0 aliphatic heterocycles. The molecule has 1 aromatic rings. The van der Waals surface area contributed by atoms with Crippen molar-refractivity contribution in [2.24, 2.45) is 11.1 Å². The Morgan fingerprint density at radius 3 is 2.81 bits per heavy atom. The molecule has 0 radical (unpaired) electrons. The van der Waals surface area contributed by atoms with Crippen molar-refractivity contribution < 1.29 is 14.5 Å². The SMILES string of the molecule is COc1ccc([N+](=O)[O-])cc1NC(=O)C1(C)CCCC1N. The van der Waals surface area contributed by atoms with Crippen molar-refractivity contribution in [2.45, 2.75) is 32.2 Å². The Bertz CT molecular complexity index is 575. The largest absolute Gasteiger partial charge is 0.495 e. The lowest BCUT2D eigenvalue weighted by molar-refractivity contribution is -0.384. The maximum atomic E-state index is 12.5. The molecule has 0 spiro atoms. The van der Waals surface area contributed by atoms with Crippen LogP contribution in [0.1, 0.15) is 26.2 Å². The number of anilines is 1. The zero-order valence-electron chi connectivity index (χ0n) is 12.1. The Hall–Kier alpha value is -2.15. The van der Waals surface area contributed by atoms with E-state index in [0.29, 0.717) is 12.2 Å². The van der Waals surface area contributed by atoms with Crippen molar-refractivity contribution in [3.63, 3.8) is 0 Å². The summed E-state index contributed by atoms with van der Waals surface area (Å²) in [4.78, 5) is 22.8. The number of nitrogens with one attached hydrogen (secondary N) is 1. The van der Waals surface area contributed by atoms with E-state index in [0.717, 1.165) is 12.8 Å². The Balaban J connectivity index is 2.27. The molecule has 7 heteroatoms. The van der Waals surface area contributed by atoms with Crippen LogP contribution in [0.15, 0.2) is 18.2 Å². The molecule has 1 saturated carbocycles. The first-order valence-corrected chi connectivity index (χ1v) is 6.78. The van der Waals surface area contributed by atoms with E-state index >= 15 is 0 Å². The molecule has 0 aromatic heterocycles. The van der Waals surface area contributed by atoms with Crippen LogP contribution in [-0.4, -0.2) is 24.0 Å². The molecule has 0 saturated heterocycles. The van der Waals surface area contributed by atoms with Gasteiger partial charge in [-0.25, -0.2) is 0 Å². The number of hydrogen-bond donors (Lipinski definition) is 2. The predicted molar refractivity (Wildman–Crippen MR) is 78.2 cm³/mol. The number of rotatable bonds is 4. The van der Waals surface area contributed by atoms with Gasteiger partial charge < -0.3 is 15.8 Å². The van der Waals surface area contributed by atoms with E-state index in [1.54, 1.807) is 0 Å². The average molecular weight is 293 g/mol. The molecular formula is C14H19N3O4. The van der Waals surface area contributed by atoms with Crippen molar-refractivity contribution in [1.82, 2.24) is 0 Å². The molecule has 2 rings (SSSR count). The van der Waals surface area contributed by atoms with Gasteiger partial charge >= 0.3 is 0 Å². The highest BCUT2D eigenvalue weighted by Crippen LogP contribution is 2.39. The maximum Gasteiger partial charge on any atom is 0.271 e. The Morgan fingerprint density at radius 2 is 2.29 bits per heavy atom. The molecule has 1 amide bonds. The summed E-state index contributed by atoms with van der Waals surface area (Å²) in [5, 5.41) is 13.6. The highest BCUT2D eigenvalue weighted by molar-refractivity contribution is 5.97. The van der Waals surface area contributed by atoms with Crippen LogP contribution < -0.4 is 15.8 Å². The molecule has 1 aliphatic carbocycles. The van der Waals surface area contributed by atoms with Crippen LogP contribution in [0.5, 0.6) is 5.75 Å². The summed E-state index contributed by atoms with van der Waals surface area (Å²) in [5.41, 5.74) is 5.54. The number of carbonyl (C=O) groups is 1. The molecule has 114 valence electrons. The van der Waals surface area contributed by atoms with Gasteiger partial charge in [0.25, 0.3) is 5.69 Å². The number of carbonyl (C=O) groups excluding carboxylic acids is 1. The van der Waals surface area contributed by atoms with Crippen LogP contribution in [0.2, 0.25) is 0 Å². The summed E-state index contributed by atoms with van der Waals surface area (Å²) in [6, 6.07) is 3.88. The number of amides is 1. The van der Waals surface area contributed by atoms with Crippen molar-refractivity contribution in [1.29, 1.82) is 0 Å². The van der Waals surface area contributed by atoms with Gasteiger partial charge in [0.15, 0.2) is 0 Å². The second-order valence-corrected chi connectivity index (χ2v) is 5.51. The number of non-ortho nitro benzene ring substituents is 1. The van der Waals surface area contributed by atoms with Gasteiger partial charge in [-0.2, -0.15) is 0 Å². The Kier molecular flexibility index (Phi) is 4.13. The molecule has 0 heterocycles. The van der Waals surface area contributed by atoms with E-state index in [-0.39, 0.29) is 23.3 Å². The number of benzene rings is 1. The van der Waals surface area contributed by atoms with Crippen LogP contribution in [-0.2, 0) is 4.79 Å². The van der Waals surface area contributed by atoms with E-state index in [4.69, 9.17) is 10.5 Å². The number of nitrogens with two attached hydrogens (primary N) is 1. The first kappa shape index (κ1) is 15.2. The quantitative estimate of drug-likeness (QED) is 0.652. The molecular weight excluding hydrogens is 274 g/mol. The maximum absolute atomic E-state index is 12.5. The van der Waals surface area contributed by atoms with Gasteiger partial charge in [-0.3, -0.25) is 14.9 Å². The number of nitro benzene ring substituents is 1. The number of methoxy groups -OCH3 is 1. The monoisotopic (exact) mass is 293 g/mol. The van der Waals surface area contributed by atoms with Crippen LogP contribution in [0.4, 0.5) is 11.4 Å². The van der Waals surface area contributed by atoms with Gasteiger partial charge in [0.1, 0.15) is 5.75 Å².